The smallest absolute Gasteiger partial charge is 0.294 e. The minimum atomic E-state index is -0.0614. The van der Waals surface area contributed by atoms with E-state index in [0.717, 1.165) is 88.9 Å². The van der Waals surface area contributed by atoms with E-state index in [1.807, 2.05) is 48.5 Å². The van der Waals surface area contributed by atoms with Gasteiger partial charge in [-0.15, -0.1) is 0 Å². The summed E-state index contributed by atoms with van der Waals surface area (Å²) in [6.45, 7) is 5.65. The van der Waals surface area contributed by atoms with Crippen LogP contribution in [0.3, 0.4) is 0 Å². The molecule has 0 radical (unpaired) electrons. The molecular formula is C31H40N6O3S. The molecule has 4 N–H and O–H groups in total. The van der Waals surface area contributed by atoms with E-state index in [0.29, 0.717) is 6.54 Å². The van der Waals surface area contributed by atoms with Crippen molar-refractivity contribution in [2.45, 2.75) is 51.6 Å². The maximum absolute atomic E-state index is 12.2. The number of pyridine rings is 2. The highest BCUT2D eigenvalue weighted by Gasteiger charge is 2.11. The molecule has 0 saturated heterocycles. The molecule has 41 heavy (non-hydrogen) atoms. The van der Waals surface area contributed by atoms with Crippen LogP contribution < -0.4 is 30.1 Å². The molecule has 2 unspecified atom stereocenters. The lowest BCUT2D eigenvalue weighted by Gasteiger charge is -2.18. The number of rotatable bonds is 15. The molecule has 10 heteroatoms. The minimum Gasteiger partial charge on any atom is -0.497 e. The number of benzene rings is 2. The average Bonchev–Trinajstić information content (AvgIpc) is 2.99. The van der Waals surface area contributed by atoms with E-state index in [1.165, 1.54) is 0 Å². The Morgan fingerprint density at radius 1 is 0.805 bits per heavy atom. The second-order valence-electron chi connectivity index (χ2n) is 10.1. The molecule has 0 bridgehead atoms. The van der Waals surface area contributed by atoms with Crippen LogP contribution in [0.2, 0.25) is 0 Å². The van der Waals surface area contributed by atoms with Crippen LogP contribution in [0.5, 0.6) is 11.5 Å². The van der Waals surface area contributed by atoms with Gasteiger partial charge in [0.1, 0.15) is 11.5 Å². The van der Waals surface area contributed by atoms with Crippen LogP contribution in [0.15, 0.2) is 60.9 Å². The number of methoxy groups -OCH3 is 2. The summed E-state index contributed by atoms with van der Waals surface area (Å²) in [7, 11) is 3.34. The number of hydrogen-bond acceptors (Lipinski definition) is 9. The largest absolute Gasteiger partial charge is 0.497 e. The first-order chi connectivity index (χ1) is 20.0. The van der Waals surface area contributed by atoms with E-state index < -0.39 is 0 Å². The van der Waals surface area contributed by atoms with Crippen LogP contribution in [-0.4, -0.2) is 54.6 Å². The zero-order chi connectivity index (χ0) is 29.0. The molecule has 2 atom stereocenters. The molecule has 0 aliphatic rings. The van der Waals surface area contributed by atoms with Gasteiger partial charge in [-0.05, 0) is 63.8 Å². The van der Waals surface area contributed by atoms with Crippen LogP contribution in [0.4, 0.5) is 16.2 Å². The highest BCUT2D eigenvalue weighted by molar-refractivity contribution is 8.11. The Kier molecular flexibility index (Phi) is 11.3. The summed E-state index contributed by atoms with van der Waals surface area (Å²) in [5, 5.41) is 12.1. The highest BCUT2D eigenvalue weighted by Crippen LogP contribution is 2.29. The number of carbonyl (C=O) groups is 1. The Bertz CT molecular complexity index is 1440. The summed E-state index contributed by atoms with van der Waals surface area (Å²) in [6, 6.07) is 16.3. The highest BCUT2D eigenvalue weighted by atomic mass is 32.2. The first kappa shape index (κ1) is 30.2. The lowest BCUT2D eigenvalue weighted by atomic mass is 10.1. The molecule has 0 aliphatic heterocycles. The van der Waals surface area contributed by atoms with E-state index in [9.17, 15) is 4.79 Å². The number of anilines is 2. The Hall–Kier alpha value is -3.76. The zero-order valence-electron chi connectivity index (χ0n) is 24.2. The Labute approximate surface area is 246 Å². The number of ether oxygens (including phenoxy) is 2. The van der Waals surface area contributed by atoms with Gasteiger partial charge in [-0.1, -0.05) is 12.1 Å². The van der Waals surface area contributed by atoms with Crippen molar-refractivity contribution >= 4 is 50.4 Å². The number of nitrogens with one attached hydrogen (secondary N) is 4. The third-order valence-corrected chi connectivity index (χ3v) is 7.47. The second-order valence-corrected chi connectivity index (χ2v) is 10.9. The van der Waals surface area contributed by atoms with Crippen LogP contribution in [0.1, 0.15) is 39.5 Å². The molecule has 0 aliphatic carbocycles. The van der Waals surface area contributed by atoms with Gasteiger partial charge in [0.2, 0.25) is 0 Å². The Morgan fingerprint density at radius 3 is 1.83 bits per heavy atom. The number of nitrogens with zero attached hydrogens (tertiary/aromatic N) is 2. The SMILES string of the molecule is COc1cc(NC(C)CCCNSC(=O)NCCCC(C)Nc2cc(OC)cc3cccnc23)c2ncccc2c1. The average molecular weight is 577 g/mol. The van der Waals surface area contributed by atoms with Crippen molar-refractivity contribution in [2.24, 2.45) is 0 Å². The van der Waals surface area contributed by atoms with Gasteiger partial charge in [0, 0.05) is 72.4 Å². The molecule has 218 valence electrons. The standard InChI is InChI=1S/C31H40N6O3S/c1-21(36-27-19-25(39-3)17-23-11-7-13-32-29(23)27)9-5-15-34-31(38)41-35-16-6-10-22(2)37-28-20-26(40-4)18-24-12-8-14-33-30(24)28/h7-8,11-14,17-22,35-37H,5-6,9-10,15-16H2,1-4H3,(H,34,38). The van der Waals surface area contributed by atoms with Crippen molar-refractivity contribution in [3.63, 3.8) is 0 Å². The maximum Gasteiger partial charge on any atom is 0.294 e. The normalized spacial score (nSPS) is 12.6. The van der Waals surface area contributed by atoms with Gasteiger partial charge in [-0.2, -0.15) is 0 Å². The molecule has 9 nitrogen and oxygen atoms in total. The molecule has 0 saturated carbocycles. The quantitative estimate of drug-likeness (QED) is 0.0918. The lowest BCUT2D eigenvalue weighted by molar-refractivity contribution is 0.260. The van der Waals surface area contributed by atoms with Crippen molar-refractivity contribution in [1.29, 1.82) is 0 Å². The Balaban J connectivity index is 1.10. The van der Waals surface area contributed by atoms with E-state index in [2.05, 4.69) is 44.5 Å². The fourth-order valence-corrected chi connectivity index (χ4v) is 5.24. The Morgan fingerprint density at radius 2 is 1.32 bits per heavy atom. The first-order valence-electron chi connectivity index (χ1n) is 14.0. The maximum atomic E-state index is 12.2. The number of amides is 1. The summed E-state index contributed by atoms with van der Waals surface area (Å²) < 4.78 is 14.1. The van der Waals surface area contributed by atoms with Gasteiger partial charge in [0.15, 0.2) is 0 Å². The molecule has 2 aromatic carbocycles. The molecule has 4 rings (SSSR count). The minimum absolute atomic E-state index is 0.0614. The first-order valence-corrected chi connectivity index (χ1v) is 14.8. The summed E-state index contributed by atoms with van der Waals surface area (Å²) in [6.07, 6.45) is 7.26. The van der Waals surface area contributed by atoms with Gasteiger partial charge in [-0.25, -0.2) is 0 Å². The van der Waals surface area contributed by atoms with Crippen molar-refractivity contribution in [2.75, 3.05) is 37.9 Å². The number of hydrogen-bond donors (Lipinski definition) is 4. The number of aromatic nitrogens is 2. The summed E-state index contributed by atoms with van der Waals surface area (Å²) >= 11 is 1.12. The van der Waals surface area contributed by atoms with Gasteiger partial charge in [-0.3, -0.25) is 19.5 Å². The predicted molar refractivity (Wildman–Crippen MR) is 170 cm³/mol. The zero-order valence-corrected chi connectivity index (χ0v) is 25.0. The summed E-state index contributed by atoms with van der Waals surface area (Å²) in [4.78, 5) is 21.3. The van der Waals surface area contributed by atoms with Gasteiger partial charge >= 0.3 is 0 Å². The molecule has 2 heterocycles. The molecule has 0 fully saturated rings. The number of carbonyl (C=O) groups excluding carboxylic acids is 1. The van der Waals surface area contributed by atoms with Crippen LogP contribution >= 0.6 is 11.9 Å². The van der Waals surface area contributed by atoms with Gasteiger partial charge < -0.3 is 25.4 Å². The van der Waals surface area contributed by atoms with Crippen molar-refractivity contribution in [3.8, 4) is 11.5 Å². The molecule has 1 amide bonds. The summed E-state index contributed by atoms with van der Waals surface area (Å²) in [5.74, 6) is 1.60. The van der Waals surface area contributed by atoms with E-state index in [-0.39, 0.29) is 17.3 Å². The predicted octanol–water partition coefficient (Wildman–Crippen LogP) is 6.61. The third-order valence-electron chi connectivity index (χ3n) is 6.80. The van der Waals surface area contributed by atoms with E-state index in [4.69, 9.17) is 9.47 Å². The van der Waals surface area contributed by atoms with Gasteiger partial charge in [0.05, 0.1) is 36.6 Å². The monoisotopic (exact) mass is 576 g/mol. The molecule has 2 aromatic heterocycles. The van der Waals surface area contributed by atoms with Crippen LogP contribution in [-0.2, 0) is 0 Å². The second kappa shape index (κ2) is 15.3. The lowest BCUT2D eigenvalue weighted by Crippen LogP contribution is -2.25. The fourth-order valence-electron chi connectivity index (χ4n) is 4.69. The third kappa shape index (κ3) is 8.86. The van der Waals surface area contributed by atoms with E-state index >= 15 is 0 Å². The molecule has 0 spiro atoms. The molecule has 4 aromatic rings. The molecular weight excluding hydrogens is 536 g/mol. The topological polar surface area (TPSA) is 109 Å². The van der Waals surface area contributed by atoms with Crippen molar-refractivity contribution < 1.29 is 14.3 Å². The van der Waals surface area contributed by atoms with E-state index in [1.54, 1.807) is 26.6 Å². The van der Waals surface area contributed by atoms with Crippen LogP contribution in [0.25, 0.3) is 21.8 Å². The number of fused-ring (bicyclic) bond motifs is 2. The van der Waals surface area contributed by atoms with Crippen molar-refractivity contribution in [3.05, 3.63) is 60.9 Å². The van der Waals surface area contributed by atoms with Gasteiger partial charge in [0.25, 0.3) is 5.24 Å². The fraction of sp³-hybridized carbons (Fsp3) is 0.387. The van der Waals surface area contributed by atoms with Crippen molar-refractivity contribution in [1.82, 2.24) is 20.0 Å². The summed E-state index contributed by atoms with van der Waals surface area (Å²) in [5.41, 5.74) is 3.77. The van der Waals surface area contributed by atoms with Crippen LogP contribution in [0, 0.1) is 0 Å².